The van der Waals surface area contributed by atoms with Crippen LogP contribution in [0.2, 0.25) is 19.6 Å². The van der Waals surface area contributed by atoms with Gasteiger partial charge in [0.1, 0.15) is 5.40 Å². The Labute approximate surface area is 67.7 Å². The molecular weight excluding hydrogens is 162 g/mol. The second-order valence-corrected chi connectivity index (χ2v) is 8.29. The molecule has 58 valence electrons. The first-order chi connectivity index (χ1) is 4.56. The van der Waals surface area contributed by atoms with E-state index in [9.17, 15) is 0 Å². The third-order valence-electron chi connectivity index (χ3n) is 0.785. The van der Waals surface area contributed by atoms with Crippen molar-refractivity contribution in [3.8, 4) is 5.40 Å². The summed E-state index contributed by atoms with van der Waals surface area (Å²) < 4.78 is 5.50. The molecule has 0 fully saturated rings. The molecule has 0 aromatic heterocycles. The summed E-state index contributed by atoms with van der Waals surface area (Å²) in [5, 5.41) is 10.2. The first-order valence-electron chi connectivity index (χ1n) is 3.21. The van der Waals surface area contributed by atoms with Crippen LogP contribution in [-0.2, 0) is 4.43 Å². The lowest BCUT2D eigenvalue weighted by atomic mass is 10.9. The standard InChI is InChI=1S/C6H13NOSSi/c1-10(2,3)8-4-5-9-6-7/h4-5H2,1-3H3. The fourth-order valence-electron chi connectivity index (χ4n) is 0.435. The Hall–Kier alpha value is 0.0169. The summed E-state index contributed by atoms with van der Waals surface area (Å²) >= 11 is 1.25. The molecule has 0 saturated heterocycles. The third kappa shape index (κ3) is 8.02. The average Bonchev–Trinajstić information content (AvgIpc) is 1.78. The maximum atomic E-state index is 8.16. The summed E-state index contributed by atoms with van der Waals surface area (Å²) in [6, 6.07) is 0. The highest BCUT2D eigenvalue weighted by Crippen LogP contribution is 2.04. The van der Waals surface area contributed by atoms with E-state index in [-0.39, 0.29) is 0 Å². The van der Waals surface area contributed by atoms with E-state index >= 15 is 0 Å². The van der Waals surface area contributed by atoms with Crippen LogP contribution in [0.15, 0.2) is 0 Å². The van der Waals surface area contributed by atoms with Crippen LogP contribution in [0.5, 0.6) is 0 Å². The van der Waals surface area contributed by atoms with Gasteiger partial charge in [0.2, 0.25) is 0 Å². The van der Waals surface area contributed by atoms with Gasteiger partial charge in [-0.1, -0.05) is 0 Å². The van der Waals surface area contributed by atoms with Crippen molar-refractivity contribution in [1.82, 2.24) is 0 Å². The number of hydrogen-bond acceptors (Lipinski definition) is 3. The molecule has 0 N–H and O–H groups in total. The lowest BCUT2D eigenvalue weighted by molar-refractivity contribution is 0.338. The molecule has 0 aromatic carbocycles. The Kier molecular flexibility index (Phi) is 4.78. The van der Waals surface area contributed by atoms with Crippen molar-refractivity contribution in [2.45, 2.75) is 19.6 Å². The molecule has 0 radical (unpaired) electrons. The van der Waals surface area contributed by atoms with Crippen molar-refractivity contribution in [2.24, 2.45) is 0 Å². The van der Waals surface area contributed by atoms with E-state index in [1.165, 1.54) is 11.8 Å². The van der Waals surface area contributed by atoms with Gasteiger partial charge in [0.25, 0.3) is 0 Å². The van der Waals surface area contributed by atoms with Crippen LogP contribution in [0.1, 0.15) is 0 Å². The van der Waals surface area contributed by atoms with Gasteiger partial charge in [-0.15, -0.1) is 0 Å². The van der Waals surface area contributed by atoms with Gasteiger partial charge in [-0.25, -0.2) is 0 Å². The van der Waals surface area contributed by atoms with Crippen molar-refractivity contribution in [1.29, 1.82) is 5.26 Å². The zero-order chi connectivity index (χ0) is 8.04. The van der Waals surface area contributed by atoms with Gasteiger partial charge >= 0.3 is 0 Å². The number of thiocyanates is 1. The van der Waals surface area contributed by atoms with Gasteiger partial charge in [0.05, 0.1) is 0 Å². The minimum Gasteiger partial charge on any atom is -0.417 e. The molecule has 0 aliphatic rings. The van der Waals surface area contributed by atoms with Crippen molar-refractivity contribution >= 4 is 20.1 Å². The van der Waals surface area contributed by atoms with Crippen molar-refractivity contribution in [3.63, 3.8) is 0 Å². The molecule has 0 bridgehead atoms. The SMILES string of the molecule is C[Si](C)(C)OCCSC#N. The average molecular weight is 175 g/mol. The zero-order valence-electron chi connectivity index (χ0n) is 6.68. The van der Waals surface area contributed by atoms with E-state index in [2.05, 4.69) is 19.6 Å². The number of nitrogens with zero attached hydrogens (tertiary/aromatic N) is 1. The van der Waals surface area contributed by atoms with E-state index in [1.807, 2.05) is 5.40 Å². The molecule has 10 heavy (non-hydrogen) atoms. The Morgan fingerprint density at radius 3 is 2.50 bits per heavy atom. The van der Waals surface area contributed by atoms with E-state index in [1.54, 1.807) is 0 Å². The molecule has 4 heteroatoms. The fourth-order valence-corrected chi connectivity index (χ4v) is 1.56. The van der Waals surface area contributed by atoms with Crippen LogP contribution in [0.3, 0.4) is 0 Å². The maximum absolute atomic E-state index is 8.16. The largest absolute Gasteiger partial charge is 0.417 e. The van der Waals surface area contributed by atoms with E-state index in [4.69, 9.17) is 9.69 Å². The molecule has 0 atom stereocenters. The number of hydrogen-bond donors (Lipinski definition) is 0. The first-order valence-corrected chi connectivity index (χ1v) is 7.60. The number of rotatable bonds is 4. The highest BCUT2D eigenvalue weighted by atomic mass is 32.2. The van der Waals surface area contributed by atoms with Crippen LogP contribution in [0.4, 0.5) is 0 Å². The predicted octanol–water partition coefficient (Wildman–Crippen LogP) is 2.05. The molecule has 0 aliphatic carbocycles. The minimum atomic E-state index is -1.33. The second-order valence-electron chi connectivity index (χ2n) is 2.90. The Morgan fingerprint density at radius 2 is 2.10 bits per heavy atom. The first kappa shape index (κ1) is 10.0. The van der Waals surface area contributed by atoms with Crippen molar-refractivity contribution in [3.05, 3.63) is 0 Å². The van der Waals surface area contributed by atoms with Crippen molar-refractivity contribution in [2.75, 3.05) is 12.4 Å². The Bertz CT molecular complexity index is 127. The van der Waals surface area contributed by atoms with Gasteiger partial charge in [0, 0.05) is 12.4 Å². The van der Waals surface area contributed by atoms with Crippen LogP contribution in [0.25, 0.3) is 0 Å². The summed E-state index contributed by atoms with van der Waals surface area (Å²) in [6.45, 7) is 7.14. The molecule has 0 amide bonds. The number of thioether (sulfide) groups is 1. The molecule has 0 aliphatic heterocycles. The van der Waals surface area contributed by atoms with Gasteiger partial charge in [-0.05, 0) is 31.4 Å². The van der Waals surface area contributed by atoms with Crippen molar-refractivity contribution < 1.29 is 4.43 Å². The smallest absolute Gasteiger partial charge is 0.183 e. The fraction of sp³-hybridized carbons (Fsp3) is 0.833. The summed E-state index contributed by atoms with van der Waals surface area (Å²) in [5.74, 6) is 0.792. The predicted molar refractivity (Wildman–Crippen MR) is 47.4 cm³/mol. The minimum absolute atomic E-state index is 0.716. The summed E-state index contributed by atoms with van der Waals surface area (Å²) in [7, 11) is -1.33. The lowest BCUT2D eigenvalue weighted by Gasteiger charge is -2.15. The Morgan fingerprint density at radius 1 is 1.50 bits per heavy atom. The van der Waals surface area contributed by atoms with Crippen LogP contribution >= 0.6 is 11.8 Å². The number of nitriles is 1. The van der Waals surface area contributed by atoms with Gasteiger partial charge in [-0.3, -0.25) is 0 Å². The van der Waals surface area contributed by atoms with E-state index in [0.717, 1.165) is 5.75 Å². The molecule has 2 nitrogen and oxygen atoms in total. The van der Waals surface area contributed by atoms with E-state index in [0.29, 0.717) is 6.61 Å². The summed E-state index contributed by atoms with van der Waals surface area (Å²) in [5.41, 5.74) is 0. The van der Waals surface area contributed by atoms with Gasteiger partial charge < -0.3 is 4.43 Å². The molecule has 0 unspecified atom stereocenters. The molecule has 0 spiro atoms. The topological polar surface area (TPSA) is 33.0 Å². The quantitative estimate of drug-likeness (QED) is 0.372. The normalized spacial score (nSPS) is 11.0. The molecule has 0 rings (SSSR count). The summed E-state index contributed by atoms with van der Waals surface area (Å²) in [4.78, 5) is 0. The van der Waals surface area contributed by atoms with Crippen LogP contribution in [0, 0.1) is 10.7 Å². The van der Waals surface area contributed by atoms with Gasteiger partial charge in [-0.2, -0.15) is 5.26 Å². The molecular formula is C6H13NOSSi. The highest BCUT2D eigenvalue weighted by molar-refractivity contribution is 8.03. The monoisotopic (exact) mass is 175 g/mol. The molecule has 0 aromatic rings. The third-order valence-corrected chi connectivity index (χ3v) is 2.36. The van der Waals surface area contributed by atoms with Gasteiger partial charge in [0.15, 0.2) is 8.32 Å². The highest BCUT2D eigenvalue weighted by Gasteiger charge is 2.12. The van der Waals surface area contributed by atoms with Crippen LogP contribution in [-0.4, -0.2) is 20.7 Å². The van der Waals surface area contributed by atoms with Crippen LogP contribution < -0.4 is 0 Å². The van der Waals surface area contributed by atoms with E-state index < -0.39 is 8.32 Å². The Balaban J connectivity index is 3.14. The zero-order valence-corrected chi connectivity index (χ0v) is 8.49. The molecule has 0 saturated carbocycles. The maximum Gasteiger partial charge on any atom is 0.183 e. The second kappa shape index (κ2) is 4.77. The lowest BCUT2D eigenvalue weighted by Crippen LogP contribution is -2.26. The summed E-state index contributed by atoms with van der Waals surface area (Å²) in [6.07, 6.45) is 0. The molecule has 0 heterocycles.